The van der Waals surface area contributed by atoms with Crippen molar-refractivity contribution < 1.29 is 9.53 Å². The molecule has 1 aliphatic heterocycles. The number of nitrogens with zero attached hydrogens (tertiary/aromatic N) is 1. The molecule has 0 bridgehead atoms. The van der Waals surface area contributed by atoms with Gasteiger partial charge in [0.1, 0.15) is 12.4 Å². The predicted molar refractivity (Wildman–Crippen MR) is 106 cm³/mol. The minimum atomic E-state index is -0.0394. The monoisotopic (exact) mass is 375 g/mol. The predicted octanol–water partition coefficient (Wildman–Crippen LogP) is 2.32. The molecular formula is C20H26ClN3O2. The van der Waals surface area contributed by atoms with E-state index in [2.05, 4.69) is 15.5 Å². The van der Waals surface area contributed by atoms with Gasteiger partial charge in [-0.05, 0) is 18.2 Å². The fraction of sp³-hybridized carbons (Fsp3) is 0.350. The number of piperazine rings is 1. The molecule has 2 aromatic rings. The lowest BCUT2D eigenvalue weighted by molar-refractivity contribution is 0.0944. The molecule has 1 saturated heterocycles. The Kier molecular flexibility index (Phi) is 8.41. The summed E-state index contributed by atoms with van der Waals surface area (Å²) in [5.74, 6) is 0.763. The van der Waals surface area contributed by atoms with Crippen LogP contribution in [0.2, 0.25) is 0 Å². The van der Waals surface area contributed by atoms with Crippen LogP contribution in [0.15, 0.2) is 54.6 Å². The first-order valence-electron chi connectivity index (χ1n) is 8.80. The topological polar surface area (TPSA) is 53.6 Å². The Morgan fingerprint density at radius 1 is 1.04 bits per heavy atom. The van der Waals surface area contributed by atoms with Gasteiger partial charge >= 0.3 is 0 Å². The van der Waals surface area contributed by atoms with Crippen molar-refractivity contribution in [3.63, 3.8) is 0 Å². The zero-order chi connectivity index (χ0) is 17.3. The molecule has 2 N–H and O–H groups in total. The SMILES string of the molecule is Cl.O=C(NCCN1CCNCC1)c1ccccc1COc1ccccc1. The number of rotatable bonds is 7. The third-order valence-electron chi connectivity index (χ3n) is 4.32. The van der Waals surface area contributed by atoms with Crippen molar-refractivity contribution in [2.45, 2.75) is 6.61 Å². The first-order chi connectivity index (χ1) is 12.3. The molecule has 0 atom stereocenters. The van der Waals surface area contributed by atoms with Gasteiger partial charge in [0.05, 0.1) is 0 Å². The van der Waals surface area contributed by atoms with Gasteiger partial charge in [0.2, 0.25) is 0 Å². The first-order valence-corrected chi connectivity index (χ1v) is 8.80. The summed E-state index contributed by atoms with van der Waals surface area (Å²) in [7, 11) is 0. The maximum absolute atomic E-state index is 12.5. The molecule has 26 heavy (non-hydrogen) atoms. The van der Waals surface area contributed by atoms with E-state index in [4.69, 9.17) is 4.74 Å². The molecule has 1 fully saturated rings. The lowest BCUT2D eigenvalue weighted by Gasteiger charge is -2.27. The van der Waals surface area contributed by atoms with E-state index in [1.54, 1.807) is 0 Å². The number of ether oxygens (including phenoxy) is 1. The number of para-hydroxylation sites is 1. The van der Waals surface area contributed by atoms with Crippen molar-refractivity contribution in [2.75, 3.05) is 39.3 Å². The summed E-state index contributed by atoms with van der Waals surface area (Å²) in [4.78, 5) is 14.9. The summed E-state index contributed by atoms with van der Waals surface area (Å²) >= 11 is 0. The number of hydrogen-bond donors (Lipinski definition) is 2. The number of carbonyl (C=O) groups is 1. The van der Waals surface area contributed by atoms with E-state index in [9.17, 15) is 4.79 Å². The second-order valence-electron chi connectivity index (χ2n) is 6.11. The largest absolute Gasteiger partial charge is 0.489 e. The fourth-order valence-electron chi connectivity index (χ4n) is 2.90. The van der Waals surface area contributed by atoms with Gasteiger partial charge in [-0.1, -0.05) is 36.4 Å². The van der Waals surface area contributed by atoms with Crippen LogP contribution >= 0.6 is 12.4 Å². The van der Waals surface area contributed by atoms with Crippen molar-refractivity contribution in [2.24, 2.45) is 0 Å². The first kappa shape index (κ1) is 20.2. The van der Waals surface area contributed by atoms with Gasteiger partial charge in [0.25, 0.3) is 5.91 Å². The van der Waals surface area contributed by atoms with Crippen LogP contribution in [0.25, 0.3) is 0 Å². The van der Waals surface area contributed by atoms with E-state index in [0.717, 1.165) is 44.0 Å². The van der Waals surface area contributed by atoms with Crippen molar-refractivity contribution in [3.05, 3.63) is 65.7 Å². The van der Waals surface area contributed by atoms with E-state index in [1.807, 2.05) is 54.6 Å². The second kappa shape index (κ2) is 10.8. The Morgan fingerprint density at radius 2 is 1.73 bits per heavy atom. The quantitative estimate of drug-likeness (QED) is 0.779. The van der Waals surface area contributed by atoms with Crippen molar-refractivity contribution in [3.8, 4) is 5.75 Å². The molecule has 3 rings (SSSR count). The van der Waals surface area contributed by atoms with Crippen LogP contribution < -0.4 is 15.4 Å². The molecule has 0 aromatic heterocycles. The summed E-state index contributed by atoms with van der Waals surface area (Å²) in [6.45, 7) is 6.05. The van der Waals surface area contributed by atoms with E-state index < -0.39 is 0 Å². The van der Waals surface area contributed by atoms with Crippen molar-refractivity contribution >= 4 is 18.3 Å². The van der Waals surface area contributed by atoms with Crippen LogP contribution in [-0.2, 0) is 6.61 Å². The lowest BCUT2D eigenvalue weighted by Crippen LogP contribution is -2.46. The fourth-order valence-corrected chi connectivity index (χ4v) is 2.90. The van der Waals surface area contributed by atoms with E-state index in [1.165, 1.54) is 0 Å². The molecule has 0 spiro atoms. The summed E-state index contributed by atoms with van der Waals surface area (Å²) < 4.78 is 5.79. The molecule has 1 aliphatic rings. The lowest BCUT2D eigenvalue weighted by atomic mass is 10.1. The highest BCUT2D eigenvalue weighted by atomic mass is 35.5. The molecule has 1 heterocycles. The van der Waals surface area contributed by atoms with Crippen LogP contribution in [0, 0.1) is 0 Å². The van der Waals surface area contributed by atoms with Crippen LogP contribution in [0.5, 0.6) is 5.75 Å². The third-order valence-corrected chi connectivity index (χ3v) is 4.32. The van der Waals surface area contributed by atoms with Gasteiger partial charge in [-0.3, -0.25) is 9.69 Å². The third kappa shape index (κ3) is 6.02. The summed E-state index contributed by atoms with van der Waals surface area (Å²) in [6, 6.07) is 17.3. The molecule has 5 nitrogen and oxygen atoms in total. The normalized spacial score (nSPS) is 14.3. The zero-order valence-corrected chi connectivity index (χ0v) is 15.6. The Balaban J connectivity index is 0.00000243. The van der Waals surface area contributed by atoms with E-state index in [0.29, 0.717) is 18.7 Å². The summed E-state index contributed by atoms with van der Waals surface area (Å²) in [5.41, 5.74) is 1.57. The highest BCUT2D eigenvalue weighted by Crippen LogP contribution is 2.14. The Labute approximate surface area is 161 Å². The van der Waals surface area contributed by atoms with Gasteiger partial charge in [-0.25, -0.2) is 0 Å². The maximum atomic E-state index is 12.5. The summed E-state index contributed by atoms with van der Waals surface area (Å²) in [5, 5.41) is 6.36. The molecule has 2 aromatic carbocycles. The van der Waals surface area contributed by atoms with Gasteiger partial charge < -0.3 is 15.4 Å². The molecule has 0 radical (unpaired) electrons. The maximum Gasteiger partial charge on any atom is 0.251 e. The van der Waals surface area contributed by atoms with Gasteiger partial charge in [0, 0.05) is 50.4 Å². The van der Waals surface area contributed by atoms with Gasteiger partial charge in [-0.15, -0.1) is 12.4 Å². The second-order valence-corrected chi connectivity index (χ2v) is 6.11. The molecule has 0 saturated carbocycles. The highest BCUT2D eigenvalue weighted by Gasteiger charge is 2.13. The number of carbonyl (C=O) groups excluding carboxylic acids is 1. The smallest absolute Gasteiger partial charge is 0.251 e. The molecule has 6 heteroatoms. The number of amides is 1. The average molecular weight is 376 g/mol. The molecule has 0 aliphatic carbocycles. The zero-order valence-electron chi connectivity index (χ0n) is 14.8. The Bertz CT molecular complexity index is 676. The van der Waals surface area contributed by atoms with Crippen LogP contribution in [0.4, 0.5) is 0 Å². The minimum absolute atomic E-state index is 0. The molecular weight excluding hydrogens is 350 g/mol. The Hall–Kier alpha value is -2.08. The van der Waals surface area contributed by atoms with Crippen LogP contribution in [-0.4, -0.2) is 50.1 Å². The van der Waals surface area contributed by atoms with Crippen LogP contribution in [0.3, 0.4) is 0 Å². The van der Waals surface area contributed by atoms with Gasteiger partial charge in [0.15, 0.2) is 0 Å². The average Bonchev–Trinajstić information content (AvgIpc) is 2.68. The van der Waals surface area contributed by atoms with Crippen molar-refractivity contribution in [1.82, 2.24) is 15.5 Å². The number of nitrogens with one attached hydrogen (secondary N) is 2. The van der Waals surface area contributed by atoms with E-state index >= 15 is 0 Å². The van der Waals surface area contributed by atoms with Crippen LogP contribution in [0.1, 0.15) is 15.9 Å². The minimum Gasteiger partial charge on any atom is -0.489 e. The number of halogens is 1. The highest BCUT2D eigenvalue weighted by molar-refractivity contribution is 5.95. The molecule has 0 unspecified atom stereocenters. The standard InChI is InChI=1S/C20H25N3O2.ClH/c24-20(22-12-15-23-13-10-21-11-14-23)19-9-5-4-6-17(19)16-25-18-7-2-1-3-8-18;/h1-9,21H,10-16H2,(H,22,24);1H. The van der Waals surface area contributed by atoms with Crippen molar-refractivity contribution in [1.29, 1.82) is 0 Å². The van der Waals surface area contributed by atoms with Gasteiger partial charge in [-0.2, -0.15) is 0 Å². The molecule has 1 amide bonds. The number of hydrogen-bond acceptors (Lipinski definition) is 4. The summed E-state index contributed by atoms with van der Waals surface area (Å²) in [6.07, 6.45) is 0. The van der Waals surface area contributed by atoms with E-state index in [-0.39, 0.29) is 18.3 Å². The Morgan fingerprint density at radius 3 is 2.50 bits per heavy atom. The molecule has 140 valence electrons. The number of benzene rings is 2.